The van der Waals surface area contributed by atoms with Crippen LogP contribution in [0.2, 0.25) is 0 Å². The largest absolute Gasteiger partial charge is 0.461 e. The topological polar surface area (TPSA) is 185 Å². The van der Waals surface area contributed by atoms with Crippen molar-refractivity contribution >= 4 is 17.8 Å². The highest BCUT2D eigenvalue weighted by Crippen LogP contribution is 2.38. The molecule has 14 nitrogen and oxygen atoms in total. The van der Waals surface area contributed by atoms with Crippen LogP contribution in [0.15, 0.2) is 43.0 Å². The maximum Gasteiger partial charge on any atom is 0.312 e. The van der Waals surface area contributed by atoms with E-state index in [1.54, 1.807) is 40.7 Å². The number of hydrogen-bond donors (Lipinski definition) is 5. The fourth-order valence-corrected chi connectivity index (χ4v) is 8.51. The number of ether oxygens (including phenoxy) is 5. The zero-order valence-electron chi connectivity index (χ0n) is 36.7. The van der Waals surface area contributed by atoms with Gasteiger partial charge in [-0.15, -0.1) is 6.58 Å². The SMILES string of the molecule is C=CCO[C@]1(C)C[C@@H](C)NC(=O)[C@H](C)[C@@H](O)[C@](C)(O)[C@@H](CC)OC(=O)[C@H](C)[C@@H](OC(=O)CCNC(C)Cc2ccccc2)[C@H](C)[C@H]1O[C@@H]1O[C@H](C)C[C@H](N(C)C)[C@H]1O. The molecule has 2 aliphatic rings. The number of aliphatic hydroxyl groups is 3. The standard InChI is InChI=1S/C44H73N3O11/c1-13-22-54-43(9)25-27(4)46-40(51)31(8)38(50)44(10,53)34(14-2)56-41(52)30(7)37(57-35(48)20-21-45-26(3)23-32-18-16-15-17-19-32)29(6)39(43)58-42-36(49)33(47(11)12)24-28(5)55-42/h13,15-19,26-31,33-34,36-39,42,45,49-50,53H,1,14,20-25H2,2-12H3,(H,46,51)/t26?,27-,28-,29+,30-,31-,33+,34-,36-,37+,38-,39-,42+,43-,44-/m1/s1. The number of carbonyl (C=O) groups excluding carboxylic acids is 3. The number of rotatable bonds is 14. The van der Waals surface area contributed by atoms with E-state index in [0.29, 0.717) is 13.0 Å². The molecule has 3 rings (SSSR count). The molecule has 0 aromatic heterocycles. The predicted octanol–water partition coefficient (Wildman–Crippen LogP) is 3.53. The number of amides is 1. The van der Waals surface area contributed by atoms with Gasteiger partial charge in [0, 0.05) is 30.6 Å². The quantitative estimate of drug-likeness (QED) is 0.136. The first-order valence-electron chi connectivity index (χ1n) is 20.9. The van der Waals surface area contributed by atoms with Gasteiger partial charge >= 0.3 is 11.9 Å². The van der Waals surface area contributed by atoms with E-state index in [9.17, 15) is 29.7 Å². The predicted molar refractivity (Wildman–Crippen MR) is 220 cm³/mol. The molecule has 1 aromatic rings. The van der Waals surface area contributed by atoms with Crippen molar-refractivity contribution in [2.45, 2.75) is 167 Å². The second-order valence-electron chi connectivity index (χ2n) is 17.3. The van der Waals surface area contributed by atoms with Crippen LogP contribution >= 0.6 is 0 Å². The van der Waals surface area contributed by atoms with E-state index in [1.165, 1.54) is 13.8 Å². The van der Waals surface area contributed by atoms with Gasteiger partial charge in [-0.05, 0) is 86.9 Å². The molecule has 0 saturated carbocycles. The van der Waals surface area contributed by atoms with E-state index in [2.05, 4.69) is 17.2 Å². The molecular weight excluding hydrogens is 746 g/mol. The third kappa shape index (κ3) is 13.0. The highest BCUT2D eigenvalue weighted by molar-refractivity contribution is 5.79. The molecule has 1 amide bonds. The maximum absolute atomic E-state index is 14.2. The van der Waals surface area contributed by atoms with Crippen LogP contribution in [0.3, 0.4) is 0 Å². The molecule has 1 unspecified atom stereocenters. The minimum atomic E-state index is -2.02. The van der Waals surface area contributed by atoms with Crippen LogP contribution in [-0.2, 0) is 44.5 Å². The van der Waals surface area contributed by atoms with Crippen molar-refractivity contribution in [2.75, 3.05) is 27.2 Å². The molecule has 0 radical (unpaired) electrons. The summed E-state index contributed by atoms with van der Waals surface area (Å²) in [6.07, 6.45) is -4.43. The van der Waals surface area contributed by atoms with Crippen LogP contribution in [0, 0.1) is 17.8 Å². The molecule has 2 fully saturated rings. The molecule has 2 aliphatic heterocycles. The first kappa shape index (κ1) is 49.4. The molecule has 0 aliphatic carbocycles. The lowest BCUT2D eigenvalue weighted by molar-refractivity contribution is -0.302. The summed E-state index contributed by atoms with van der Waals surface area (Å²) in [6.45, 7) is 19.6. The van der Waals surface area contributed by atoms with E-state index in [1.807, 2.05) is 63.2 Å². The monoisotopic (exact) mass is 820 g/mol. The van der Waals surface area contributed by atoms with Crippen LogP contribution in [0.1, 0.15) is 93.6 Å². The lowest BCUT2D eigenvalue weighted by Gasteiger charge is -2.48. The number of nitrogens with zero attached hydrogens (tertiary/aromatic N) is 1. The summed E-state index contributed by atoms with van der Waals surface area (Å²) in [6, 6.07) is 9.19. The molecule has 0 bridgehead atoms. The van der Waals surface area contributed by atoms with Gasteiger partial charge < -0.3 is 54.5 Å². The molecule has 58 heavy (non-hydrogen) atoms. The van der Waals surface area contributed by atoms with Gasteiger partial charge in [0.25, 0.3) is 0 Å². The molecular formula is C44H73N3O11. The number of cyclic esters (lactones) is 1. The number of carbonyl (C=O) groups is 3. The molecule has 2 heterocycles. The number of nitrogens with one attached hydrogen (secondary N) is 2. The molecule has 5 N–H and O–H groups in total. The number of likely N-dealkylation sites (N-methyl/N-ethyl adjacent to an activating group) is 1. The van der Waals surface area contributed by atoms with Gasteiger partial charge in [-0.1, -0.05) is 57.2 Å². The molecule has 2 saturated heterocycles. The summed E-state index contributed by atoms with van der Waals surface area (Å²) in [7, 11) is 3.74. The fraction of sp³-hybridized carbons (Fsp3) is 0.750. The number of benzene rings is 1. The first-order chi connectivity index (χ1) is 27.2. The van der Waals surface area contributed by atoms with Crippen molar-refractivity contribution in [2.24, 2.45) is 17.8 Å². The highest BCUT2D eigenvalue weighted by atomic mass is 16.7. The van der Waals surface area contributed by atoms with Gasteiger partial charge in [0.15, 0.2) is 6.29 Å². The van der Waals surface area contributed by atoms with Crippen LogP contribution in [-0.4, -0.2) is 138 Å². The summed E-state index contributed by atoms with van der Waals surface area (Å²) in [5.74, 6) is -4.94. The average Bonchev–Trinajstić information content (AvgIpc) is 3.16. The zero-order valence-corrected chi connectivity index (χ0v) is 36.7. The van der Waals surface area contributed by atoms with Crippen molar-refractivity contribution < 1.29 is 53.4 Å². The summed E-state index contributed by atoms with van der Waals surface area (Å²) < 4.78 is 31.9. The van der Waals surface area contributed by atoms with Crippen LogP contribution in [0.4, 0.5) is 0 Å². The summed E-state index contributed by atoms with van der Waals surface area (Å²) in [4.78, 5) is 43.6. The third-order valence-electron chi connectivity index (χ3n) is 11.9. The number of aliphatic hydroxyl groups excluding tert-OH is 2. The van der Waals surface area contributed by atoms with Crippen molar-refractivity contribution in [3.8, 4) is 0 Å². The van der Waals surface area contributed by atoms with Crippen molar-refractivity contribution in [3.63, 3.8) is 0 Å². The molecule has 14 heteroatoms. The fourth-order valence-electron chi connectivity index (χ4n) is 8.51. The van der Waals surface area contributed by atoms with Gasteiger partial charge in [-0.2, -0.15) is 0 Å². The Hall–Kier alpha value is -2.95. The number of hydrogen-bond acceptors (Lipinski definition) is 13. The Labute approximate surface area is 346 Å². The van der Waals surface area contributed by atoms with E-state index in [4.69, 9.17) is 23.7 Å². The normalized spacial score (nSPS) is 37.5. The van der Waals surface area contributed by atoms with E-state index >= 15 is 0 Å². The van der Waals surface area contributed by atoms with Crippen LogP contribution < -0.4 is 10.6 Å². The Bertz CT molecular complexity index is 1460. The Balaban J connectivity index is 2.11. The van der Waals surface area contributed by atoms with Crippen molar-refractivity contribution in [1.29, 1.82) is 0 Å². The molecule has 0 spiro atoms. The second-order valence-corrected chi connectivity index (χ2v) is 17.3. The van der Waals surface area contributed by atoms with Crippen molar-refractivity contribution in [1.82, 2.24) is 15.5 Å². The minimum Gasteiger partial charge on any atom is -0.461 e. The maximum atomic E-state index is 14.2. The molecule has 1 aromatic carbocycles. The van der Waals surface area contributed by atoms with Crippen molar-refractivity contribution in [3.05, 3.63) is 48.6 Å². The Kier molecular flexibility index (Phi) is 18.8. The van der Waals surface area contributed by atoms with Gasteiger partial charge in [0.05, 0.1) is 48.8 Å². The Morgan fingerprint density at radius 2 is 1.76 bits per heavy atom. The summed E-state index contributed by atoms with van der Waals surface area (Å²) >= 11 is 0. The third-order valence-corrected chi connectivity index (χ3v) is 11.9. The van der Waals surface area contributed by atoms with Gasteiger partial charge in [-0.25, -0.2) is 0 Å². The summed E-state index contributed by atoms with van der Waals surface area (Å²) in [5, 5.41) is 41.0. The highest BCUT2D eigenvalue weighted by Gasteiger charge is 2.52. The Morgan fingerprint density at radius 1 is 1.10 bits per heavy atom. The lowest BCUT2D eigenvalue weighted by atomic mass is 9.78. The second kappa shape index (κ2) is 22.1. The van der Waals surface area contributed by atoms with Crippen LogP contribution in [0.5, 0.6) is 0 Å². The lowest BCUT2D eigenvalue weighted by Crippen LogP contribution is -2.60. The minimum absolute atomic E-state index is 0.00814. The van der Waals surface area contributed by atoms with E-state index in [0.717, 1.165) is 12.0 Å². The van der Waals surface area contributed by atoms with E-state index in [-0.39, 0.29) is 44.1 Å². The molecule has 15 atom stereocenters. The molecule has 330 valence electrons. The van der Waals surface area contributed by atoms with E-state index < -0.39 is 89.7 Å². The zero-order chi connectivity index (χ0) is 43.5. The Morgan fingerprint density at radius 3 is 2.36 bits per heavy atom. The first-order valence-corrected chi connectivity index (χ1v) is 20.9. The number of esters is 2. The van der Waals surface area contributed by atoms with Gasteiger partial charge in [0.1, 0.15) is 23.9 Å². The summed E-state index contributed by atoms with van der Waals surface area (Å²) in [5.41, 5.74) is -2.15. The smallest absolute Gasteiger partial charge is 0.312 e. The van der Waals surface area contributed by atoms with Crippen LogP contribution in [0.25, 0.3) is 0 Å². The van der Waals surface area contributed by atoms with Gasteiger partial charge in [-0.3, -0.25) is 14.4 Å². The average molecular weight is 820 g/mol. The van der Waals surface area contributed by atoms with Gasteiger partial charge in [0.2, 0.25) is 5.91 Å².